The quantitative estimate of drug-likeness (QED) is 0.221. The number of amides is 1. The van der Waals surface area contributed by atoms with Crippen molar-refractivity contribution >= 4 is 45.0 Å². The highest BCUT2D eigenvalue weighted by Crippen LogP contribution is 2.33. The molecule has 1 saturated carbocycles. The number of nitrogens with zero attached hydrogens (tertiary/aromatic N) is 5. The van der Waals surface area contributed by atoms with Gasteiger partial charge in [-0.1, -0.05) is 25.3 Å². The van der Waals surface area contributed by atoms with Crippen molar-refractivity contribution in [2.75, 3.05) is 5.32 Å². The zero-order valence-corrected chi connectivity index (χ0v) is 22.0. The lowest BCUT2D eigenvalue weighted by molar-refractivity contribution is -0.117. The van der Waals surface area contributed by atoms with Crippen molar-refractivity contribution in [3.8, 4) is 33.2 Å². The molecule has 0 atom stereocenters. The zero-order chi connectivity index (χ0) is 26.2. The first-order chi connectivity index (χ1) is 19.2. The number of pyridine rings is 3. The summed E-state index contributed by atoms with van der Waals surface area (Å²) in [4.78, 5) is 35.7. The van der Waals surface area contributed by atoms with Gasteiger partial charge in [0.25, 0.3) is 0 Å². The second-order valence-corrected chi connectivity index (χ2v) is 11.0. The topological polar surface area (TPSA) is 125 Å². The van der Waals surface area contributed by atoms with Gasteiger partial charge in [0.15, 0.2) is 11.5 Å². The first-order valence-corrected chi connectivity index (χ1v) is 14.1. The molecule has 10 heteroatoms. The van der Waals surface area contributed by atoms with E-state index in [1.165, 1.54) is 19.3 Å². The smallest absolute Gasteiger partial charge is 0.224 e. The molecule has 1 aliphatic rings. The Morgan fingerprint density at radius 2 is 1.87 bits per heavy atom. The molecule has 194 valence electrons. The van der Waals surface area contributed by atoms with Crippen LogP contribution in [-0.2, 0) is 4.79 Å². The van der Waals surface area contributed by atoms with Crippen LogP contribution in [0.15, 0.2) is 60.5 Å². The monoisotopic (exact) mass is 534 g/mol. The number of carbonyl (C=O) groups is 1. The van der Waals surface area contributed by atoms with E-state index in [0.29, 0.717) is 35.1 Å². The highest BCUT2D eigenvalue weighted by Gasteiger charge is 2.19. The van der Waals surface area contributed by atoms with Crippen molar-refractivity contribution in [3.63, 3.8) is 0 Å². The first kappa shape index (κ1) is 23.7. The summed E-state index contributed by atoms with van der Waals surface area (Å²) in [6.07, 6.45) is 13.6. The van der Waals surface area contributed by atoms with E-state index in [4.69, 9.17) is 9.97 Å². The third-order valence-electron chi connectivity index (χ3n) is 7.33. The Morgan fingerprint density at radius 1 is 0.974 bits per heavy atom. The van der Waals surface area contributed by atoms with E-state index >= 15 is 0 Å². The molecular weight excluding hydrogens is 508 g/mol. The zero-order valence-electron chi connectivity index (χ0n) is 21.1. The van der Waals surface area contributed by atoms with Gasteiger partial charge in [0.05, 0.1) is 34.8 Å². The summed E-state index contributed by atoms with van der Waals surface area (Å²) in [5, 5.41) is 12.7. The summed E-state index contributed by atoms with van der Waals surface area (Å²) in [6, 6.07) is 9.87. The highest BCUT2D eigenvalue weighted by molar-refractivity contribution is 7.13. The van der Waals surface area contributed by atoms with E-state index in [1.54, 1.807) is 29.9 Å². The number of hydrogen-bond acceptors (Lipinski definition) is 7. The molecule has 6 heterocycles. The van der Waals surface area contributed by atoms with Gasteiger partial charge in [0, 0.05) is 34.8 Å². The molecule has 0 aromatic carbocycles. The molecule has 7 rings (SSSR count). The van der Waals surface area contributed by atoms with Gasteiger partial charge in [-0.2, -0.15) is 5.10 Å². The van der Waals surface area contributed by atoms with Crippen LogP contribution >= 0.6 is 11.3 Å². The molecule has 1 aliphatic carbocycles. The number of carbonyl (C=O) groups excluding carboxylic acids is 1. The number of anilines is 1. The number of nitrogens with one attached hydrogen (secondary N) is 3. The van der Waals surface area contributed by atoms with Crippen LogP contribution in [0.4, 0.5) is 5.69 Å². The van der Waals surface area contributed by atoms with Crippen LogP contribution in [-0.4, -0.2) is 41.0 Å². The minimum Gasteiger partial charge on any atom is -0.335 e. The molecule has 39 heavy (non-hydrogen) atoms. The van der Waals surface area contributed by atoms with Gasteiger partial charge in [-0.05, 0) is 48.4 Å². The van der Waals surface area contributed by atoms with E-state index in [-0.39, 0.29) is 5.91 Å². The Kier molecular flexibility index (Phi) is 6.08. The molecule has 0 unspecified atom stereocenters. The van der Waals surface area contributed by atoms with Gasteiger partial charge < -0.3 is 10.3 Å². The number of fused-ring (bicyclic) bond motifs is 2. The summed E-state index contributed by atoms with van der Waals surface area (Å²) in [6.45, 7) is 0. The fourth-order valence-corrected chi connectivity index (χ4v) is 6.13. The van der Waals surface area contributed by atoms with Crippen molar-refractivity contribution in [3.05, 3.63) is 60.5 Å². The fraction of sp³-hybridized carbons (Fsp3) is 0.241. The first-order valence-electron chi connectivity index (χ1n) is 13.2. The number of aromatic amines is 2. The Morgan fingerprint density at radius 3 is 2.74 bits per heavy atom. The fourth-order valence-electron chi connectivity index (χ4n) is 5.40. The van der Waals surface area contributed by atoms with Crippen LogP contribution in [0.5, 0.6) is 0 Å². The lowest BCUT2D eigenvalue weighted by Crippen LogP contribution is -2.18. The highest BCUT2D eigenvalue weighted by atomic mass is 32.1. The molecule has 6 aromatic rings. The summed E-state index contributed by atoms with van der Waals surface area (Å²) in [5.41, 5.74) is 7.01. The van der Waals surface area contributed by atoms with Gasteiger partial charge in [0.1, 0.15) is 11.0 Å². The number of rotatable bonds is 6. The molecule has 6 aromatic heterocycles. The molecule has 0 spiro atoms. The lowest BCUT2D eigenvalue weighted by atomic mass is 9.87. The number of aromatic nitrogens is 7. The van der Waals surface area contributed by atoms with Gasteiger partial charge in [-0.3, -0.25) is 19.9 Å². The molecule has 3 N–H and O–H groups in total. The summed E-state index contributed by atoms with van der Waals surface area (Å²) >= 11 is 1.65. The molecule has 1 amide bonds. The van der Waals surface area contributed by atoms with Crippen molar-refractivity contribution < 1.29 is 4.79 Å². The van der Waals surface area contributed by atoms with Gasteiger partial charge in [0.2, 0.25) is 5.91 Å². The maximum atomic E-state index is 12.7. The maximum absolute atomic E-state index is 12.7. The van der Waals surface area contributed by atoms with Crippen LogP contribution in [0, 0.1) is 5.92 Å². The van der Waals surface area contributed by atoms with Crippen LogP contribution in [0.3, 0.4) is 0 Å². The summed E-state index contributed by atoms with van der Waals surface area (Å²) in [7, 11) is 0. The van der Waals surface area contributed by atoms with Crippen LogP contribution < -0.4 is 5.32 Å². The average molecular weight is 535 g/mol. The van der Waals surface area contributed by atoms with E-state index in [9.17, 15) is 4.79 Å². The molecule has 0 saturated heterocycles. The normalized spacial score (nSPS) is 14.3. The Hall–Kier alpha value is -4.44. The minimum atomic E-state index is 0.0441. The third-order valence-corrected chi connectivity index (χ3v) is 8.23. The number of H-pyrrole nitrogens is 2. The van der Waals surface area contributed by atoms with Crippen molar-refractivity contribution in [1.82, 2.24) is 35.1 Å². The summed E-state index contributed by atoms with van der Waals surface area (Å²) in [5.74, 6) is 1.14. The third kappa shape index (κ3) is 4.67. The second kappa shape index (κ2) is 10.0. The lowest BCUT2D eigenvalue weighted by Gasteiger charge is -2.20. The minimum absolute atomic E-state index is 0.0441. The van der Waals surface area contributed by atoms with Gasteiger partial charge in [-0.15, -0.1) is 11.3 Å². The standard InChI is InChI=1S/C29H26N8OS/c38-25(11-17-5-2-1-3-6-17)32-19-12-18(13-30-14-19)21-8-9-22-27(33-21)28(37-36-22)29-34-23-16-31-15-20(26(23)35-29)24-7-4-10-39-24/h4,7-10,12-17H,1-3,5-6,11H2,(H,32,38)(H,34,35)(H,36,37). The molecule has 1 fully saturated rings. The van der Waals surface area contributed by atoms with Crippen molar-refractivity contribution in [1.29, 1.82) is 0 Å². The van der Waals surface area contributed by atoms with E-state index in [2.05, 4.69) is 36.5 Å². The molecule has 0 radical (unpaired) electrons. The molecule has 9 nitrogen and oxygen atoms in total. The van der Waals surface area contributed by atoms with Crippen molar-refractivity contribution in [2.24, 2.45) is 5.92 Å². The van der Waals surface area contributed by atoms with E-state index in [0.717, 1.165) is 51.1 Å². The average Bonchev–Trinajstić information content (AvgIpc) is 3.73. The van der Waals surface area contributed by atoms with Crippen LogP contribution in [0.2, 0.25) is 0 Å². The van der Waals surface area contributed by atoms with E-state index < -0.39 is 0 Å². The SMILES string of the molecule is O=C(CC1CCCCC1)Nc1cncc(-c2ccc3[nH]nc(-c4nc5c(-c6cccs6)cncc5[nH]4)c3n2)c1. The van der Waals surface area contributed by atoms with Gasteiger partial charge >= 0.3 is 0 Å². The Balaban J connectivity index is 1.19. The van der Waals surface area contributed by atoms with Gasteiger partial charge in [-0.25, -0.2) is 9.97 Å². The molecule has 0 aliphatic heterocycles. The van der Waals surface area contributed by atoms with Crippen LogP contribution in [0.1, 0.15) is 38.5 Å². The van der Waals surface area contributed by atoms with E-state index in [1.807, 2.05) is 35.8 Å². The Labute approximate surface area is 228 Å². The number of imidazole rings is 1. The van der Waals surface area contributed by atoms with Crippen LogP contribution in [0.25, 0.3) is 55.3 Å². The van der Waals surface area contributed by atoms with Crippen molar-refractivity contribution in [2.45, 2.75) is 38.5 Å². The number of hydrogen-bond donors (Lipinski definition) is 3. The predicted octanol–water partition coefficient (Wildman–Crippen LogP) is 6.60. The predicted molar refractivity (Wildman–Crippen MR) is 153 cm³/mol. The summed E-state index contributed by atoms with van der Waals surface area (Å²) < 4.78 is 0. The Bertz CT molecular complexity index is 1780. The number of thiophene rings is 1. The largest absolute Gasteiger partial charge is 0.335 e. The maximum Gasteiger partial charge on any atom is 0.224 e. The molecule has 0 bridgehead atoms. The molecular formula is C29H26N8OS. The second-order valence-electron chi connectivity index (χ2n) is 10.0.